The predicted molar refractivity (Wildman–Crippen MR) is 109 cm³/mol. The number of amides is 1. The number of halogens is 1. The Morgan fingerprint density at radius 1 is 1.14 bits per heavy atom. The Hall–Kier alpha value is -2.71. The summed E-state index contributed by atoms with van der Waals surface area (Å²) in [6.07, 6.45) is 0.659. The molecular formula is C20H17FN2O3S2. The number of carbonyl (C=O) groups excluding carboxylic acids is 1. The third-order valence-corrected chi connectivity index (χ3v) is 6.59. The summed E-state index contributed by atoms with van der Waals surface area (Å²) in [5.41, 5.74) is 2.52. The van der Waals surface area contributed by atoms with Gasteiger partial charge in [-0.25, -0.2) is 12.8 Å². The van der Waals surface area contributed by atoms with Crippen molar-refractivity contribution in [1.29, 1.82) is 0 Å². The summed E-state index contributed by atoms with van der Waals surface area (Å²) >= 11 is 1.40. The van der Waals surface area contributed by atoms with Crippen molar-refractivity contribution in [3.05, 3.63) is 81.8 Å². The number of anilines is 2. The number of fused-ring (bicyclic) bond motifs is 1. The summed E-state index contributed by atoms with van der Waals surface area (Å²) in [4.78, 5) is 15.0. The van der Waals surface area contributed by atoms with Gasteiger partial charge < -0.3 is 4.90 Å². The summed E-state index contributed by atoms with van der Waals surface area (Å²) in [5, 5.41) is 1.86. The maximum absolute atomic E-state index is 13.3. The van der Waals surface area contributed by atoms with Gasteiger partial charge in [-0.15, -0.1) is 11.3 Å². The standard InChI is InChI=1S/C20H17FN2O3S2/c21-16-4-1-3-14(11-16)13-28(25,26)22-17-6-7-18-15(12-17)8-9-23(18)20(24)19-5-2-10-27-19/h1-7,10-12,22H,8-9,13H2. The Bertz CT molecular complexity index is 1130. The van der Waals surface area contributed by atoms with Crippen LogP contribution >= 0.6 is 11.3 Å². The molecule has 0 bridgehead atoms. The lowest BCUT2D eigenvalue weighted by atomic mass is 10.1. The second-order valence-electron chi connectivity index (χ2n) is 6.52. The fourth-order valence-electron chi connectivity index (χ4n) is 3.27. The molecule has 0 fully saturated rings. The van der Waals surface area contributed by atoms with Crippen LogP contribution in [0.5, 0.6) is 0 Å². The third-order valence-electron chi connectivity index (χ3n) is 4.47. The smallest absolute Gasteiger partial charge is 0.268 e. The van der Waals surface area contributed by atoms with Crippen molar-refractivity contribution in [2.45, 2.75) is 12.2 Å². The topological polar surface area (TPSA) is 66.5 Å². The van der Waals surface area contributed by atoms with E-state index in [1.165, 1.54) is 29.5 Å². The second kappa shape index (κ2) is 7.37. The van der Waals surface area contributed by atoms with Crippen molar-refractivity contribution in [3.63, 3.8) is 0 Å². The van der Waals surface area contributed by atoms with Crippen LogP contribution in [0, 0.1) is 5.82 Å². The fourth-order valence-corrected chi connectivity index (χ4v) is 5.12. The van der Waals surface area contributed by atoms with E-state index in [-0.39, 0.29) is 11.7 Å². The van der Waals surface area contributed by atoms with E-state index in [1.807, 2.05) is 11.4 Å². The summed E-state index contributed by atoms with van der Waals surface area (Å²) < 4.78 is 40.6. The molecule has 0 aliphatic carbocycles. The maximum Gasteiger partial charge on any atom is 0.268 e. The molecule has 4 rings (SSSR count). The SMILES string of the molecule is O=C(c1cccs1)N1CCc2cc(NS(=O)(=O)Cc3cccc(F)c3)ccc21. The Morgan fingerprint density at radius 3 is 2.75 bits per heavy atom. The van der Waals surface area contributed by atoms with Crippen LogP contribution in [0.4, 0.5) is 15.8 Å². The number of nitrogens with one attached hydrogen (secondary N) is 1. The number of rotatable bonds is 5. The van der Waals surface area contributed by atoms with Crippen LogP contribution < -0.4 is 9.62 Å². The normalized spacial score (nSPS) is 13.4. The molecule has 0 spiro atoms. The number of sulfonamides is 1. The van der Waals surface area contributed by atoms with Gasteiger partial charge in [0.1, 0.15) is 5.82 Å². The zero-order chi connectivity index (χ0) is 19.7. The lowest BCUT2D eigenvalue weighted by Crippen LogP contribution is -2.28. The van der Waals surface area contributed by atoms with E-state index in [0.717, 1.165) is 11.3 Å². The lowest BCUT2D eigenvalue weighted by Gasteiger charge is -2.17. The zero-order valence-electron chi connectivity index (χ0n) is 14.8. The van der Waals surface area contributed by atoms with E-state index in [9.17, 15) is 17.6 Å². The van der Waals surface area contributed by atoms with E-state index >= 15 is 0 Å². The van der Waals surface area contributed by atoms with Crippen molar-refractivity contribution in [2.75, 3.05) is 16.2 Å². The average Bonchev–Trinajstić information content (AvgIpc) is 3.30. The Labute approximate surface area is 166 Å². The summed E-state index contributed by atoms with van der Waals surface area (Å²) in [5.74, 6) is -0.834. The second-order valence-corrected chi connectivity index (χ2v) is 9.19. The third kappa shape index (κ3) is 3.93. The van der Waals surface area contributed by atoms with Gasteiger partial charge in [0.05, 0.1) is 10.6 Å². The predicted octanol–water partition coefficient (Wildman–Crippen LogP) is 4.03. The number of thiophene rings is 1. The minimum absolute atomic E-state index is 0.0480. The van der Waals surface area contributed by atoms with Crippen LogP contribution in [-0.4, -0.2) is 20.9 Å². The van der Waals surface area contributed by atoms with Gasteiger partial charge in [-0.2, -0.15) is 0 Å². The zero-order valence-corrected chi connectivity index (χ0v) is 16.4. The molecule has 2 heterocycles. The molecular weight excluding hydrogens is 399 g/mol. The molecule has 5 nitrogen and oxygen atoms in total. The van der Waals surface area contributed by atoms with Crippen LogP contribution in [0.15, 0.2) is 60.0 Å². The van der Waals surface area contributed by atoms with Crippen molar-refractivity contribution < 1.29 is 17.6 Å². The van der Waals surface area contributed by atoms with Crippen molar-refractivity contribution >= 4 is 38.6 Å². The minimum Gasteiger partial charge on any atom is -0.307 e. The molecule has 0 atom stereocenters. The molecule has 0 saturated carbocycles. The number of nitrogens with zero attached hydrogens (tertiary/aromatic N) is 1. The molecule has 144 valence electrons. The largest absolute Gasteiger partial charge is 0.307 e. The number of carbonyl (C=O) groups is 1. The van der Waals surface area contributed by atoms with E-state index < -0.39 is 15.8 Å². The first-order valence-corrected chi connectivity index (χ1v) is 11.2. The van der Waals surface area contributed by atoms with E-state index in [4.69, 9.17) is 0 Å². The first kappa shape index (κ1) is 18.6. The van der Waals surface area contributed by atoms with Gasteiger partial charge in [0.2, 0.25) is 10.0 Å². The summed E-state index contributed by atoms with van der Waals surface area (Å²) in [6, 6.07) is 14.3. The molecule has 0 radical (unpaired) electrons. The highest BCUT2D eigenvalue weighted by Crippen LogP contribution is 2.32. The number of hydrogen-bond donors (Lipinski definition) is 1. The van der Waals surface area contributed by atoms with Crippen molar-refractivity contribution in [2.24, 2.45) is 0 Å². The van der Waals surface area contributed by atoms with Gasteiger partial charge in [-0.1, -0.05) is 18.2 Å². The molecule has 28 heavy (non-hydrogen) atoms. The van der Waals surface area contributed by atoms with Gasteiger partial charge >= 0.3 is 0 Å². The first-order valence-electron chi connectivity index (χ1n) is 8.64. The van der Waals surface area contributed by atoms with E-state index in [0.29, 0.717) is 29.1 Å². The molecule has 1 aromatic heterocycles. The first-order chi connectivity index (χ1) is 13.4. The van der Waals surface area contributed by atoms with Crippen LogP contribution in [-0.2, 0) is 22.2 Å². The molecule has 1 aliphatic heterocycles. The highest BCUT2D eigenvalue weighted by molar-refractivity contribution is 7.91. The van der Waals surface area contributed by atoms with Gasteiger partial charge in [0.25, 0.3) is 5.91 Å². The van der Waals surface area contributed by atoms with Gasteiger partial charge in [0, 0.05) is 17.9 Å². The van der Waals surface area contributed by atoms with E-state index in [2.05, 4.69) is 4.72 Å². The van der Waals surface area contributed by atoms with Crippen molar-refractivity contribution in [1.82, 2.24) is 0 Å². The van der Waals surface area contributed by atoms with E-state index in [1.54, 1.807) is 35.2 Å². The molecule has 3 aromatic rings. The quantitative estimate of drug-likeness (QED) is 0.683. The maximum atomic E-state index is 13.3. The van der Waals surface area contributed by atoms with Crippen LogP contribution in [0.3, 0.4) is 0 Å². The molecule has 1 aliphatic rings. The number of hydrogen-bond acceptors (Lipinski definition) is 4. The molecule has 8 heteroatoms. The Morgan fingerprint density at radius 2 is 2.00 bits per heavy atom. The molecule has 0 saturated heterocycles. The average molecular weight is 416 g/mol. The van der Waals surface area contributed by atoms with Crippen LogP contribution in [0.25, 0.3) is 0 Å². The molecule has 0 unspecified atom stereocenters. The molecule has 2 aromatic carbocycles. The van der Waals surface area contributed by atoms with Gasteiger partial charge in [0.15, 0.2) is 0 Å². The lowest BCUT2D eigenvalue weighted by molar-refractivity contribution is 0.0993. The fraction of sp³-hybridized carbons (Fsp3) is 0.150. The van der Waals surface area contributed by atoms with Crippen LogP contribution in [0.2, 0.25) is 0 Å². The summed E-state index contributed by atoms with van der Waals surface area (Å²) in [6.45, 7) is 0.561. The van der Waals surface area contributed by atoms with Crippen molar-refractivity contribution in [3.8, 4) is 0 Å². The highest BCUT2D eigenvalue weighted by atomic mass is 32.2. The molecule has 1 N–H and O–H groups in total. The Kier molecular flexibility index (Phi) is 4.91. The summed E-state index contributed by atoms with van der Waals surface area (Å²) in [7, 11) is -3.68. The monoisotopic (exact) mass is 416 g/mol. The van der Waals surface area contributed by atoms with Gasteiger partial charge in [-0.05, 0) is 59.3 Å². The van der Waals surface area contributed by atoms with Gasteiger partial charge in [-0.3, -0.25) is 9.52 Å². The minimum atomic E-state index is -3.68. The Balaban J connectivity index is 1.51. The van der Waals surface area contributed by atoms with Crippen LogP contribution in [0.1, 0.15) is 20.8 Å². The molecule has 1 amide bonds. The number of benzene rings is 2. The highest BCUT2D eigenvalue weighted by Gasteiger charge is 2.26.